The van der Waals surface area contributed by atoms with Gasteiger partial charge >= 0.3 is 0 Å². The number of hydrogen-bond donors (Lipinski definition) is 2. The molecule has 0 saturated heterocycles. The Bertz CT molecular complexity index is 1330. The smallest absolute Gasteiger partial charge is 0.276 e. The van der Waals surface area contributed by atoms with Gasteiger partial charge in [0.25, 0.3) is 5.91 Å². The zero-order chi connectivity index (χ0) is 22.0. The average molecular weight is 453 g/mol. The number of anilines is 1. The molecule has 3 N–H and O–H groups in total. The first-order chi connectivity index (χ1) is 14.8. The number of sulfonamides is 1. The Hall–Kier alpha value is -3.46. The number of halogens is 1. The lowest BCUT2D eigenvalue weighted by atomic mass is 10.1. The maximum Gasteiger partial charge on any atom is 0.276 e. The molecule has 0 bridgehead atoms. The molecule has 0 spiro atoms. The lowest BCUT2D eigenvalue weighted by molar-refractivity contribution is 0.102. The summed E-state index contributed by atoms with van der Waals surface area (Å²) in [6.07, 6.45) is 0. The highest BCUT2D eigenvalue weighted by Gasteiger charge is 2.17. The van der Waals surface area contributed by atoms with Gasteiger partial charge in [0.1, 0.15) is 0 Å². The molecule has 1 amide bonds. The van der Waals surface area contributed by atoms with Gasteiger partial charge in [0.2, 0.25) is 10.0 Å². The van der Waals surface area contributed by atoms with Gasteiger partial charge in [0.05, 0.1) is 16.3 Å². The minimum absolute atomic E-state index is 0.0381. The van der Waals surface area contributed by atoms with Crippen molar-refractivity contribution >= 4 is 33.2 Å². The Morgan fingerprint density at radius 3 is 2.19 bits per heavy atom. The number of nitrogens with one attached hydrogen (secondary N) is 1. The number of benzene rings is 3. The Morgan fingerprint density at radius 1 is 0.935 bits per heavy atom. The molecule has 0 aliphatic heterocycles. The van der Waals surface area contributed by atoms with Crippen molar-refractivity contribution in [1.29, 1.82) is 0 Å². The van der Waals surface area contributed by atoms with E-state index in [1.807, 2.05) is 42.5 Å². The summed E-state index contributed by atoms with van der Waals surface area (Å²) < 4.78 is 24.5. The SMILES string of the molecule is NS(=O)(=O)c1ccc(NC(=O)c2cc(-c3ccc(Cl)cc3)n(-c3ccccc3)n2)cc1. The van der Waals surface area contributed by atoms with E-state index in [2.05, 4.69) is 10.4 Å². The Morgan fingerprint density at radius 2 is 1.58 bits per heavy atom. The first kappa shape index (κ1) is 20.8. The second-order valence-corrected chi connectivity index (χ2v) is 8.69. The number of nitrogens with two attached hydrogens (primary N) is 1. The van der Waals surface area contributed by atoms with Crippen LogP contribution in [0.3, 0.4) is 0 Å². The predicted molar refractivity (Wildman–Crippen MR) is 120 cm³/mol. The number of para-hydroxylation sites is 1. The van der Waals surface area contributed by atoms with E-state index in [0.29, 0.717) is 10.7 Å². The fourth-order valence-electron chi connectivity index (χ4n) is 3.01. The van der Waals surface area contributed by atoms with Crippen molar-refractivity contribution in [2.45, 2.75) is 4.90 Å². The number of amides is 1. The molecule has 3 aromatic carbocycles. The van der Waals surface area contributed by atoms with E-state index in [1.54, 1.807) is 22.9 Å². The van der Waals surface area contributed by atoms with Crippen LogP contribution in [0.25, 0.3) is 16.9 Å². The Balaban J connectivity index is 1.68. The van der Waals surface area contributed by atoms with Crippen molar-refractivity contribution in [2.75, 3.05) is 5.32 Å². The highest BCUT2D eigenvalue weighted by Crippen LogP contribution is 2.26. The van der Waals surface area contributed by atoms with E-state index in [1.165, 1.54) is 24.3 Å². The molecule has 156 valence electrons. The van der Waals surface area contributed by atoms with Crippen LogP contribution in [0.5, 0.6) is 0 Å². The van der Waals surface area contributed by atoms with E-state index < -0.39 is 15.9 Å². The largest absolute Gasteiger partial charge is 0.321 e. The molecular weight excluding hydrogens is 436 g/mol. The molecule has 4 rings (SSSR count). The molecule has 0 aliphatic rings. The second-order valence-electron chi connectivity index (χ2n) is 6.69. The van der Waals surface area contributed by atoms with E-state index >= 15 is 0 Å². The minimum Gasteiger partial charge on any atom is -0.321 e. The third-order valence-electron chi connectivity index (χ3n) is 4.52. The van der Waals surface area contributed by atoms with Crippen molar-refractivity contribution in [3.8, 4) is 16.9 Å². The van der Waals surface area contributed by atoms with Crippen LogP contribution in [-0.4, -0.2) is 24.1 Å². The number of carbonyl (C=O) groups excluding carboxylic acids is 1. The van der Waals surface area contributed by atoms with Gasteiger partial charge in [-0.15, -0.1) is 0 Å². The van der Waals surface area contributed by atoms with Crippen LogP contribution in [0, 0.1) is 0 Å². The van der Waals surface area contributed by atoms with E-state index in [0.717, 1.165) is 16.9 Å². The van der Waals surface area contributed by atoms with Crippen LogP contribution in [0.1, 0.15) is 10.5 Å². The zero-order valence-corrected chi connectivity index (χ0v) is 17.6. The number of carbonyl (C=O) groups is 1. The molecule has 4 aromatic rings. The number of nitrogens with zero attached hydrogens (tertiary/aromatic N) is 2. The molecule has 1 heterocycles. The number of aromatic nitrogens is 2. The summed E-state index contributed by atoms with van der Waals surface area (Å²) in [6, 6.07) is 24.0. The highest BCUT2D eigenvalue weighted by atomic mass is 35.5. The predicted octanol–water partition coefficient (Wildman–Crippen LogP) is 4.09. The van der Waals surface area contributed by atoms with Crippen molar-refractivity contribution in [3.63, 3.8) is 0 Å². The molecule has 1 aromatic heterocycles. The number of rotatable bonds is 5. The van der Waals surface area contributed by atoms with Crippen molar-refractivity contribution < 1.29 is 13.2 Å². The topological polar surface area (TPSA) is 107 Å². The quantitative estimate of drug-likeness (QED) is 0.475. The van der Waals surface area contributed by atoms with Gasteiger partial charge in [-0.2, -0.15) is 5.10 Å². The van der Waals surface area contributed by atoms with Gasteiger partial charge in [0.15, 0.2) is 5.69 Å². The summed E-state index contributed by atoms with van der Waals surface area (Å²) in [5, 5.41) is 12.9. The van der Waals surface area contributed by atoms with Crippen LogP contribution < -0.4 is 10.5 Å². The van der Waals surface area contributed by atoms with Gasteiger partial charge < -0.3 is 5.32 Å². The van der Waals surface area contributed by atoms with Crippen molar-refractivity contribution in [2.24, 2.45) is 5.14 Å². The maximum atomic E-state index is 12.8. The highest BCUT2D eigenvalue weighted by molar-refractivity contribution is 7.89. The summed E-state index contributed by atoms with van der Waals surface area (Å²) in [5.41, 5.74) is 2.97. The lowest BCUT2D eigenvalue weighted by Gasteiger charge is -2.07. The van der Waals surface area contributed by atoms with Gasteiger partial charge in [-0.3, -0.25) is 4.79 Å². The average Bonchev–Trinajstić information content (AvgIpc) is 3.20. The molecule has 7 nitrogen and oxygen atoms in total. The van der Waals surface area contributed by atoms with E-state index in [-0.39, 0.29) is 10.6 Å². The molecule has 0 radical (unpaired) electrons. The minimum atomic E-state index is -3.80. The normalized spacial score (nSPS) is 11.3. The molecule has 0 fully saturated rings. The standard InChI is InChI=1S/C22H17ClN4O3S/c23-16-8-6-15(7-9-16)21-14-20(26-27(21)18-4-2-1-3-5-18)22(28)25-17-10-12-19(13-11-17)31(24,29)30/h1-14H,(H,25,28)(H2,24,29,30). The molecular formula is C22H17ClN4O3S. The van der Waals surface area contributed by atoms with Crippen LogP contribution in [0.2, 0.25) is 5.02 Å². The summed E-state index contributed by atoms with van der Waals surface area (Å²) in [7, 11) is -3.80. The van der Waals surface area contributed by atoms with Crippen LogP contribution in [-0.2, 0) is 10.0 Å². The summed E-state index contributed by atoms with van der Waals surface area (Å²) in [4.78, 5) is 12.8. The summed E-state index contributed by atoms with van der Waals surface area (Å²) in [6.45, 7) is 0. The first-order valence-electron chi connectivity index (χ1n) is 9.17. The lowest BCUT2D eigenvalue weighted by Crippen LogP contribution is -2.14. The third-order valence-corrected chi connectivity index (χ3v) is 5.70. The Labute approximate surface area is 184 Å². The molecule has 31 heavy (non-hydrogen) atoms. The third kappa shape index (κ3) is 4.66. The van der Waals surface area contributed by atoms with Crippen molar-refractivity contribution in [1.82, 2.24) is 9.78 Å². The summed E-state index contributed by atoms with van der Waals surface area (Å²) in [5.74, 6) is -0.437. The molecule has 0 unspecified atom stereocenters. The fourth-order valence-corrected chi connectivity index (χ4v) is 3.65. The second kappa shape index (κ2) is 8.35. The Kier molecular flexibility index (Phi) is 5.60. The fraction of sp³-hybridized carbons (Fsp3) is 0. The molecule has 0 aliphatic carbocycles. The monoisotopic (exact) mass is 452 g/mol. The summed E-state index contributed by atoms with van der Waals surface area (Å²) >= 11 is 6.01. The molecule has 0 saturated carbocycles. The van der Waals surface area contributed by atoms with E-state index in [9.17, 15) is 13.2 Å². The first-order valence-corrected chi connectivity index (χ1v) is 11.1. The van der Waals surface area contributed by atoms with Crippen LogP contribution in [0.4, 0.5) is 5.69 Å². The van der Waals surface area contributed by atoms with Gasteiger partial charge in [-0.05, 0) is 54.6 Å². The van der Waals surface area contributed by atoms with Gasteiger partial charge in [0, 0.05) is 16.3 Å². The molecule has 9 heteroatoms. The van der Waals surface area contributed by atoms with Crippen molar-refractivity contribution in [3.05, 3.63) is 95.6 Å². The number of hydrogen-bond acceptors (Lipinski definition) is 4. The van der Waals surface area contributed by atoms with Crippen LogP contribution in [0.15, 0.2) is 89.8 Å². The van der Waals surface area contributed by atoms with Gasteiger partial charge in [-0.25, -0.2) is 18.2 Å². The zero-order valence-electron chi connectivity index (χ0n) is 16.1. The maximum absolute atomic E-state index is 12.8. The molecule has 0 atom stereocenters. The number of primary sulfonamides is 1. The van der Waals surface area contributed by atoms with E-state index in [4.69, 9.17) is 16.7 Å². The van der Waals surface area contributed by atoms with Gasteiger partial charge in [-0.1, -0.05) is 41.9 Å². The van der Waals surface area contributed by atoms with Crippen LogP contribution >= 0.6 is 11.6 Å².